The Morgan fingerprint density at radius 2 is 2.08 bits per heavy atom. The molecule has 0 amide bonds. The Labute approximate surface area is 144 Å². The summed E-state index contributed by atoms with van der Waals surface area (Å²) < 4.78 is 0. The maximum absolute atomic E-state index is 6.37. The van der Waals surface area contributed by atoms with E-state index in [1.165, 1.54) is 18.4 Å². The predicted octanol–water partition coefficient (Wildman–Crippen LogP) is 3.16. The van der Waals surface area contributed by atoms with Crippen LogP contribution in [0.3, 0.4) is 0 Å². The Kier molecular flexibility index (Phi) is 3.40. The van der Waals surface area contributed by atoms with Gasteiger partial charge in [0.1, 0.15) is 0 Å². The van der Waals surface area contributed by atoms with E-state index in [9.17, 15) is 0 Å². The van der Waals surface area contributed by atoms with Crippen LogP contribution in [0.5, 0.6) is 0 Å². The summed E-state index contributed by atoms with van der Waals surface area (Å²) in [5, 5.41) is 1.63. The molecule has 2 aliphatic carbocycles. The van der Waals surface area contributed by atoms with Crippen molar-refractivity contribution in [2.45, 2.75) is 51.7 Å². The van der Waals surface area contributed by atoms with Gasteiger partial charge in [0.05, 0.1) is 0 Å². The molecule has 1 heterocycles. The molecule has 1 fully saturated rings. The SMILES string of the molecule is CC#Cc1ccc2c(c1)C1(N=C(N)N(C)O1)C1(CCC(C)CC1)C2. The van der Waals surface area contributed by atoms with Crippen molar-refractivity contribution in [2.24, 2.45) is 22.1 Å². The third-order valence-corrected chi connectivity index (χ3v) is 6.09. The maximum atomic E-state index is 6.37. The Morgan fingerprint density at radius 1 is 1.33 bits per heavy atom. The summed E-state index contributed by atoms with van der Waals surface area (Å²) in [5.74, 6) is 7.39. The second kappa shape index (κ2) is 5.26. The zero-order chi connectivity index (χ0) is 16.9. The molecule has 0 bridgehead atoms. The number of nitrogens with two attached hydrogens (primary N) is 1. The van der Waals surface area contributed by atoms with Crippen LogP contribution in [0, 0.1) is 23.2 Å². The van der Waals surface area contributed by atoms with E-state index in [-0.39, 0.29) is 5.41 Å². The first kappa shape index (κ1) is 15.5. The average molecular weight is 323 g/mol. The number of guanidine groups is 1. The summed E-state index contributed by atoms with van der Waals surface area (Å²) in [7, 11) is 1.85. The molecule has 1 aliphatic heterocycles. The fraction of sp³-hybridized carbons (Fsp3) is 0.550. The summed E-state index contributed by atoms with van der Waals surface area (Å²) in [5.41, 5.74) is 8.97. The van der Waals surface area contributed by atoms with Crippen LogP contribution in [-0.4, -0.2) is 18.1 Å². The monoisotopic (exact) mass is 323 g/mol. The molecule has 4 nitrogen and oxygen atoms in total. The van der Waals surface area contributed by atoms with Gasteiger partial charge in [-0.3, -0.25) is 0 Å². The molecule has 1 unspecified atom stereocenters. The van der Waals surface area contributed by atoms with Crippen molar-refractivity contribution >= 4 is 5.96 Å². The lowest BCUT2D eigenvalue weighted by molar-refractivity contribution is -0.229. The Hall–Kier alpha value is -1.99. The number of nitrogens with zero attached hydrogens (tertiary/aromatic N) is 2. The molecule has 2 N–H and O–H groups in total. The van der Waals surface area contributed by atoms with Gasteiger partial charge in [0.2, 0.25) is 11.7 Å². The molecule has 0 radical (unpaired) electrons. The van der Waals surface area contributed by atoms with Crippen molar-refractivity contribution in [2.75, 3.05) is 7.05 Å². The van der Waals surface area contributed by atoms with Gasteiger partial charge in [-0.2, -0.15) is 0 Å². The van der Waals surface area contributed by atoms with Crippen LogP contribution >= 0.6 is 0 Å². The van der Waals surface area contributed by atoms with Crippen LogP contribution in [0.25, 0.3) is 0 Å². The van der Waals surface area contributed by atoms with Gasteiger partial charge in [-0.1, -0.05) is 18.9 Å². The number of aliphatic imine (C=N–C) groups is 1. The average Bonchev–Trinajstić information content (AvgIpc) is 3.00. The fourth-order valence-electron chi connectivity index (χ4n) is 4.69. The molecule has 1 saturated carbocycles. The van der Waals surface area contributed by atoms with Crippen LogP contribution in [0.2, 0.25) is 0 Å². The van der Waals surface area contributed by atoms with Gasteiger partial charge in [0.25, 0.3) is 0 Å². The summed E-state index contributed by atoms with van der Waals surface area (Å²) >= 11 is 0. The van der Waals surface area contributed by atoms with Crippen LogP contribution < -0.4 is 5.73 Å². The van der Waals surface area contributed by atoms with E-state index >= 15 is 0 Å². The first-order valence-electron chi connectivity index (χ1n) is 8.84. The normalized spacial score (nSPS) is 34.2. The molecule has 1 aromatic rings. The van der Waals surface area contributed by atoms with E-state index in [0.717, 1.165) is 36.3 Å². The third kappa shape index (κ3) is 2.01. The molecule has 1 aromatic carbocycles. The highest BCUT2D eigenvalue weighted by Gasteiger charge is 2.63. The standard InChI is InChI=1S/C20H25N3O/c1-4-5-15-6-7-16-13-19(10-8-14(2)9-11-19)20(17(16)12-15)22-18(21)23(3)24-20/h6-7,12,14H,8-11,13H2,1-3H3,(H2,21,22). The van der Waals surface area contributed by atoms with Crippen LogP contribution in [0.4, 0.5) is 0 Å². The molecule has 24 heavy (non-hydrogen) atoms. The molecule has 0 aromatic heterocycles. The molecule has 4 heteroatoms. The Bertz CT molecular complexity index is 765. The Balaban J connectivity index is 1.87. The summed E-state index contributed by atoms with van der Waals surface area (Å²) in [4.78, 5) is 11.3. The molecule has 2 spiro atoms. The number of hydrogen-bond acceptors (Lipinski definition) is 4. The summed E-state index contributed by atoms with van der Waals surface area (Å²) in [6, 6.07) is 6.48. The van der Waals surface area contributed by atoms with E-state index < -0.39 is 5.72 Å². The molecule has 4 rings (SSSR count). The van der Waals surface area contributed by atoms with Gasteiger partial charge in [0.15, 0.2) is 0 Å². The van der Waals surface area contributed by atoms with E-state index in [1.54, 1.807) is 5.06 Å². The minimum absolute atomic E-state index is 0.00941. The zero-order valence-electron chi connectivity index (χ0n) is 14.7. The summed E-state index contributed by atoms with van der Waals surface area (Å²) in [6.07, 6.45) is 5.71. The second-order valence-electron chi connectivity index (χ2n) is 7.59. The highest BCUT2D eigenvalue weighted by atomic mass is 16.7. The Morgan fingerprint density at radius 3 is 2.71 bits per heavy atom. The van der Waals surface area contributed by atoms with Crippen LogP contribution in [0.15, 0.2) is 23.2 Å². The van der Waals surface area contributed by atoms with Crippen molar-refractivity contribution in [3.05, 3.63) is 34.9 Å². The fourth-order valence-corrected chi connectivity index (χ4v) is 4.69. The van der Waals surface area contributed by atoms with E-state index in [1.807, 2.05) is 14.0 Å². The highest BCUT2D eigenvalue weighted by Crippen LogP contribution is 2.62. The lowest BCUT2D eigenvalue weighted by Gasteiger charge is -2.44. The largest absolute Gasteiger partial charge is 0.368 e. The van der Waals surface area contributed by atoms with Crippen molar-refractivity contribution in [1.82, 2.24) is 5.06 Å². The van der Waals surface area contributed by atoms with E-state index in [4.69, 9.17) is 15.6 Å². The second-order valence-corrected chi connectivity index (χ2v) is 7.59. The van der Waals surface area contributed by atoms with Gasteiger partial charge in [-0.15, -0.1) is 5.92 Å². The van der Waals surface area contributed by atoms with Crippen molar-refractivity contribution in [3.8, 4) is 11.8 Å². The molecule has 3 aliphatic rings. The van der Waals surface area contributed by atoms with Gasteiger partial charge >= 0.3 is 0 Å². The number of benzene rings is 1. The van der Waals surface area contributed by atoms with Crippen molar-refractivity contribution in [3.63, 3.8) is 0 Å². The zero-order valence-corrected chi connectivity index (χ0v) is 14.7. The number of hydrogen-bond donors (Lipinski definition) is 1. The topological polar surface area (TPSA) is 50.8 Å². The van der Waals surface area contributed by atoms with Gasteiger partial charge < -0.3 is 5.73 Å². The van der Waals surface area contributed by atoms with Crippen molar-refractivity contribution < 1.29 is 4.84 Å². The van der Waals surface area contributed by atoms with Gasteiger partial charge in [0, 0.05) is 23.6 Å². The number of hydroxylamine groups is 2. The first-order chi connectivity index (χ1) is 11.5. The van der Waals surface area contributed by atoms with Gasteiger partial charge in [-0.05, 0) is 62.6 Å². The lowest BCUT2D eigenvalue weighted by Crippen LogP contribution is -2.45. The quantitative estimate of drug-likeness (QED) is 0.746. The van der Waals surface area contributed by atoms with Crippen LogP contribution in [-0.2, 0) is 17.0 Å². The maximum Gasteiger partial charge on any atom is 0.220 e. The smallest absolute Gasteiger partial charge is 0.220 e. The summed E-state index contributed by atoms with van der Waals surface area (Å²) in [6.45, 7) is 4.21. The molecule has 126 valence electrons. The minimum atomic E-state index is -0.674. The lowest BCUT2D eigenvalue weighted by atomic mass is 9.65. The molecule has 1 atom stereocenters. The number of fused-ring (bicyclic) bond motifs is 3. The number of rotatable bonds is 0. The minimum Gasteiger partial charge on any atom is -0.368 e. The molecule has 0 saturated heterocycles. The first-order valence-corrected chi connectivity index (χ1v) is 8.84. The van der Waals surface area contributed by atoms with E-state index in [2.05, 4.69) is 37.0 Å². The molecular formula is C20H25N3O. The molecular weight excluding hydrogens is 298 g/mol. The predicted molar refractivity (Wildman–Crippen MR) is 94.9 cm³/mol. The third-order valence-electron chi connectivity index (χ3n) is 6.09. The van der Waals surface area contributed by atoms with E-state index in [0.29, 0.717) is 5.96 Å². The van der Waals surface area contributed by atoms with Crippen molar-refractivity contribution in [1.29, 1.82) is 0 Å². The van der Waals surface area contributed by atoms with Gasteiger partial charge in [-0.25, -0.2) is 14.9 Å². The van der Waals surface area contributed by atoms with Crippen LogP contribution in [0.1, 0.15) is 56.2 Å². The highest BCUT2D eigenvalue weighted by molar-refractivity contribution is 5.79.